The SMILES string of the molecule is O=C(Cl)c1ccc(-c2ncccc2Cl)cc1. The van der Waals surface area contributed by atoms with E-state index >= 15 is 0 Å². The molecule has 0 saturated carbocycles. The predicted molar refractivity (Wildman–Crippen MR) is 64.9 cm³/mol. The fourth-order valence-electron chi connectivity index (χ4n) is 1.36. The van der Waals surface area contributed by atoms with Crippen LogP contribution in [0.5, 0.6) is 0 Å². The highest BCUT2D eigenvalue weighted by atomic mass is 35.5. The normalized spacial score (nSPS) is 10.1. The van der Waals surface area contributed by atoms with Crippen molar-refractivity contribution < 1.29 is 4.79 Å². The molecule has 2 nitrogen and oxygen atoms in total. The van der Waals surface area contributed by atoms with E-state index in [2.05, 4.69) is 4.98 Å². The second kappa shape index (κ2) is 4.64. The number of benzene rings is 1. The molecule has 1 heterocycles. The average Bonchev–Trinajstić information content (AvgIpc) is 2.30. The lowest BCUT2D eigenvalue weighted by atomic mass is 10.1. The van der Waals surface area contributed by atoms with Gasteiger partial charge in [-0.25, -0.2) is 0 Å². The Bertz CT molecular complexity index is 523. The van der Waals surface area contributed by atoms with Crippen LogP contribution in [0.15, 0.2) is 42.6 Å². The minimum absolute atomic E-state index is 0.456. The largest absolute Gasteiger partial charge is 0.276 e. The molecule has 2 rings (SSSR count). The number of carbonyl (C=O) groups excluding carboxylic acids is 1. The van der Waals surface area contributed by atoms with Crippen LogP contribution in [-0.4, -0.2) is 10.2 Å². The number of pyridine rings is 1. The first-order valence-corrected chi connectivity index (χ1v) is 5.35. The van der Waals surface area contributed by atoms with Crippen LogP contribution in [0.1, 0.15) is 10.4 Å². The zero-order valence-electron chi connectivity index (χ0n) is 8.15. The lowest BCUT2D eigenvalue weighted by Gasteiger charge is -2.03. The summed E-state index contributed by atoms with van der Waals surface area (Å²) in [7, 11) is 0. The van der Waals surface area contributed by atoms with Gasteiger partial charge < -0.3 is 0 Å². The number of aromatic nitrogens is 1. The first-order chi connectivity index (χ1) is 7.68. The van der Waals surface area contributed by atoms with Crippen molar-refractivity contribution in [1.82, 2.24) is 4.98 Å². The summed E-state index contributed by atoms with van der Waals surface area (Å²) in [5.41, 5.74) is 2.00. The van der Waals surface area contributed by atoms with Gasteiger partial charge in [0.2, 0.25) is 0 Å². The predicted octanol–water partition coefficient (Wildman–Crippen LogP) is 3.78. The van der Waals surface area contributed by atoms with E-state index in [0.29, 0.717) is 16.3 Å². The van der Waals surface area contributed by atoms with Crippen LogP contribution in [0.2, 0.25) is 5.02 Å². The third-order valence-electron chi connectivity index (χ3n) is 2.14. The molecule has 0 fully saturated rings. The lowest BCUT2D eigenvalue weighted by molar-refractivity contribution is 0.108. The molecule has 0 N–H and O–H groups in total. The molecule has 0 aliphatic rings. The van der Waals surface area contributed by atoms with Crippen molar-refractivity contribution in [2.24, 2.45) is 0 Å². The van der Waals surface area contributed by atoms with Gasteiger partial charge in [0.1, 0.15) is 0 Å². The van der Waals surface area contributed by atoms with E-state index in [1.807, 2.05) is 0 Å². The molecule has 0 aliphatic carbocycles. The fourth-order valence-corrected chi connectivity index (χ4v) is 1.71. The average molecular weight is 252 g/mol. The molecule has 4 heteroatoms. The number of rotatable bonds is 2. The van der Waals surface area contributed by atoms with E-state index in [1.165, 1.54) is 0 Å². The quantitative estimate of drug-likeness (QED) is 0.761. The number of halogens is 2. The van der Waals surface area contributed by atoms with E-state index in [-0.39, 0.29) is 0 Å². The van der Waals surface area contributed by atoms with Crippen molar-refractivity contribution in [3.05, 3.63) is 53.2 Å². The Balaban J connectivity index is 2.43. The van der Waals surface area contributed by atoms with Crippen molar-refractivity contribution in [3.8, 4) is 11.3 Å². The van der Waals surface area contributed by atoms with Gasteiger partial charge in [-0.05, 0) is 35.9 Å². The molecule has 16 heavy (non-hydrogen) atoms. The number of nitrogens with zero attached hydrogens (tertiary/aromatic N) is 1. The Morgan fingerprint density at radius 1 is 1.12 bits per heavy atom. The zero-order valence-corrected chi connectivity index (χ0v) is 9.66. The van der Waals surface area contributed by atoms with Crippen molar-refractivity contribution in [2.45, 2.75) is 0 Å². The molecule has 1 aromatic carbocycles. The molecule has 0 saturated heterocycles. The highest BCUT2D eigenvalue weighted by Gasteiger charge is 2.05. The van der Waals surface area contributed by atoms with Crippen LogP contribution in [-0.2, 0) is 0 Å². The number of carbonyl (C=O) groups is 1. The molecule has 0 unspecified atom stereocenters. The van der Waals surface area contributed by atoms with Crippen LogP contribution >= 0.6 is 23.2 Å². The topological polar surface area (TPSA) is 30.0 Å². The summed E-state index contributed by atoms with van der Waals surface area (Å²) in [4.78, 5) is 15.1. The Morgan fingerprint density at radius 3 is 2.38 bits per heavy atom. The van der Waals surface area contributed by atoms with Crippen LogP contribution in [0.3, 0.4) is 0 Å². The van der Waals surface area contributed by atoms with Crippen molar-refractivity contribution >= 4 is 28.4 Å². The second-order valence-electron chi connectivity index (χ2n) is 3.18. The van der Waals surface area contributed by atoms with Gasteiger partial charge in [0, 0.05) is 17.3 Å². The van der Waals surface area contributed by atoms with E-state index in [0.717, 1.165) is 5.56 Å². The maximum Gasteiger partial charge on any atom is 0.252 e. The minimum atomic E-state index is -0.473. The number of hydrogen-bond acceptors (Lipinski definition) is 2. The molecule has 0 atom stereocenters. The van der Waals surface area contributed by atoms with Crippen molar-refractivity contribution in [3.63, 3.8) is 0 Å². The zero-order chi connectivity index (χ0) is 11.5. The third-order valence-corrected chi connectivity index (χ3v) is 2.67. The standard InChI is InChI=1S/C12H7Cl2NO/c13-10-2-1-7-15-11(10)8-3-5-9(6-4-8)12(14)16/h1-7H. The molecule has 0 bridgehead atoms. The summed E-state index contributed by atoms with van der Waals surface area (Å²) in [6, 6.07) is 10.4. The summed E-state index contributed by atoms with van der Waals surface area (Å²) >= 11 is 11.4. The summed E-state index contributed by atoms with van der Waals surface area (Å²) in [5, 5.41) is 0.103. The Hall–Kier alpha value is -1.38. The van der Waals surface area contributed by atoms with E-state index in [1.54, 1.807) is 42.6 Å². The lowest BCUT2D eigenvalue weighted by Crippen LogP contribution is -1.89. The molecule has 0 amide bonds. The number of hydrogen-bond donors (Lipinski definition) is 0. The van der Waals surface area contributed by atoms with E-state index in [4.69, 9.17) is 23.2 Å². The highest BCUT2D eigenvalue weighted by Crippen LogP contribution is 2.25. The third kappa shape index (κ3) is 2.23. The smallest absolute Gasteiger partial charge is 0.252 e. The summed E-state index contributed by atoms with van der Waals surface area (Å²) in [5.74, 6) is 0. The van der Waals surface area contributed by atoms with Crippen LogP contribution < -0.4 is 0 Å². The molecule has 2 aromatic rings. The highest BCUT2D eigenvalue weighted by molar-refractivity contribution is 6.67. The summed E-state index contributed by atoms with van der Waals surface area (Å²) < 4.78 is 0. The minimum Gasteiger partial charge on any atom is -0.276 e. The van der Waals surface area contributed by atoms with Gasteiger partial charge >= 0.3 is 0 Å². The molecular weight excluding hydrogens is 245 g/mol. The fraction of sp³-hybridized carbons (Fsp3) is 0. The molecule has 0 aliphatic heterocycles. The van der Waals surface area contributed by atoms with E-state index in [9.17, 15) is 4.79 Å². The Labute approximate surface area is 103 Å². The first-order valence-electron chi connectivity index (χ1n) is 4.59. The van der Waals surface area contributed by atoms with Gasteiger partial charge in [-0.3, -0.25) is 9.78 Å². The molecule has 1 aromatic heterocycles. The van der Waals surface area contributed by atoms with E-state index < -0.39 is 5.24 Å². The van der Waals surface area contributed by atoms with Crippen molar-refractivity contribution in [1.29, 1.82) is 0 Å². The van der Waals surface area contributed by atoms with Crippen LogP contribution in [0.25, 0.3) is 11.3 Å². The van der Waals surface area contributed by atoms with Gasteiger partial charge in [0.15, 0.2) is 0 Å². The second-order valence-corrected chi connectivity index (χ2v) is 3.94. The Morgan fingerprint density at radius 2 is 1.81 bits per heavy atom. The monoisotopic (exact) mass is 251 g/mol. The maximum atomic E-state index is 10.9. The van der Waals surface area contributed by atoms with Crippen molar-refractivity contribution in [2.75, 3.05) is 0 Å². The summed E-state index contributed by atoms with van der Waals surface area (Å²) in [6.45, 7) is 0. The maximum absolute atomic E-state index is 10.9. The molecule has 0 radical (unpaired) electrons. The molecule has 0 spiro atoms. The summed E-state index contributed by atoms with van der Waals surface area (Å²) in [6.07, 6.45) is 1.67. The van der Waals surface area contributed by atoms with Gasteiger partial charge in [-0.2, -0.15) is 0 Å². The first kappa shape index (κ1) is 11.1. The van der Waals surface area contributed by atoms with Gasteiger partial charge in [-0.1, -0.05) is 23.7 Å². The van der Waals surface area contributed by atoms with Gasteiger partial charge in [-0.15, -0.1) is 0 Å². The molecule has 80 valence electrons. The van der Waals surface area contributed by atoms with Crippen LogP contribution in [0, 0.1) is 0 Å². The van der Waals surface area contributed by atoms with Crippen LogP contribution in [0.4, 0.5) is 0 Å². The molecular formula is C12H7Cl2NO. The van der Waals surface area contributed by atoms with Gasteiger partial charge in [0.05, 0.1) is 10.7 Å². The van der Waals surface area contributed by atoms with Gasteiger partial charge in [0.25, 0.3) is 5.24 Å². The Kier molecular flexibility index (Phi) is 3.22.